The molecule has 1 heterocycles. The Balaban J connectivity index is 1.78. The lowest BCUT2D eigenvalue weighted by atomic mass is 10.0. The van der Waals surface area contributed by atoms with E-state index < -0.39 is 10.0 Å². The lowest BCUT2D eigenvalue weighted by molar-refractivity contribution is -0.122. The normalized spacial score (nSPS) is 13.4. The lowest BCUT2D eigenvalue weighted by Crippen LogP contribution is -2.37. The molecule has 0 unspecified atom stereocenters. The maximum absolute atomic E-state index is 12.8. The second-order valence-electron chi connectivity index (χ2n) is 7.35. The summed E-state index contributed by atoms with van der Waals surface area (Å²) < 4.78 is 33.2. The first-order valence-electron chi connectivity index (χ1n) is 10.2. The first kappa shape index (κ1) is 22.8. The number of anilines is 3. The van der Waals surface area contributed by atoms with Crippen molar-refractivity contribution >= 4 is 38.9 Å². The van der Waals surface area contributed by atoms with Crippen LogP contribution in [0.25, 0.3) is 0 Å². The zero-order valence-corrected chi connectivity index (χ0v) is 18.5. The average Bonchev–Trinajstić information content (AvgIpc) is 2.73. The number of aryl methyl sites for hydroxylation is 1. The number of hydrogen-bond donors (Lipinski definition) is 2. The van der Waals surface area contributed by atoms with Gasteiger partial charge in [0.2, 0.25) is 5.91 Å². The van der Waals surface area contributed by atoms with Crippen LogP contribution in [0.2, 0.25) is 0 Å². The molecular weight excluding hydrogens is 418 g/mol. The second-order valence-corrected chi connectivity index (χ2v) is 9.04. The Hall–Kier alpha value is -2.91. The molecule has 2 amide bonds. The van der Waals surface area contributed by atoms with Gasteiger partial charge in [0.25, 0.3) is 15.9 Å². The van der Waals surface area contributed by atoms with Gasteiger partial charge in [-0.3, -0.25) is 14.3 Å². The molecule has 2 N–H and O–H groups in total. The highest BCUT2D eigenvalue weighted by Gasteiger charge is 2.23. The molecule has 166 valence electrons. The topological polar surface area (TPSA) is 105 Å². The van der Waals surface area contributed by atoms with Gasteiger partial charge in [0.15, 0.2) is 0 Å². The molecule has 2 aromatic carbocycles. The summed E-state index contributed by atoms with van der Waals surface area (Å²) in [6.07, 6.45) is 2.81. The number of sulfonamides is 1. The molecule has 0 radical (unpaired) electrons. The van der Waals surface area contributed by atoms with Crippen molar-refractivity contribution in [1.82, 2.24) is 0 Å². The van der Waals surface area contributed by atoms with Gasteiger partial charge in [-0.2, -0.15) is 0 Å². The monoisotopic (exact) mass is 445 g/mol. The molecular formula is C22H27N3O5S. The quantitative estimate of drug-likeness (QED) is 0.649. The molecule has 3 rings (SSSR count). The Labute approximate surface area is 182 Å². The molecule has 9 heteroatoms. The van der Waals surface area contributed by atoms with Gasteiger partial charge < -0.3 is 15.0 Å². The summed E-state index contributed by atoms with van der Waals surface area (Å²) >= 11 is 0. The zero-order chi connectivity index (χ0) is 22.4. The second kappa shape index (κ2) is 9.93. The maximum atomic E-state index is 12.8. The average molecular weight is 446 g/mol. The van der Waals surface area contributed by atoms with E-state index in [9.17, 15) is 18.0 Å². The van der Waals surface area contributed by atoms with Gasteiger partial charge in [0, 0.05) is 31.5 Å². The fourth-order valence-corrected chi connectivity index (χ4v) is 4.53. The third-order valence-corrected chi connectivity index (χ3v) is 6.35. The molecule has 1 aliphatic rings. The smallest absolute Gasteiger partial charge is 0.261 e. The SMILES string of the molecule is CCCC(=O)Nc1ccc(S(=O)(=O)Nc2ccc3c(c2)N(C(=O)COC)CCC3)cc1. The molecule has 1 aliphatic heterocycles. The highest BCUT2D eigenvalue weighted by atomic mass is 32.2. The van der Waals surface area contributed by atoms with Crippen LogP contribution in [-0.4, -0.2) is 40.5 Å². The molecule has 31 heavy (non-hydrogen) atoms. The summed E-state index contributed by atoms with van der Waals surface area (Å²) in [5.41, 5.74) is 2.60. The van der Waals surface area contributed by atoms with Gasteiger partial charge in [-0.1, -0.05) is 13.0 Å². The molecule has 0 saturated heterocycles. The first-order valence-corrected chi connectivity index (χ1v) is 11.7. The summed E-state index contributed by atoms with van der Waals surface area (Å²) in [5.74, 6) is -0.276. The highest BCUT2D eigenvalue weighted by molar-refractivity contribution is 7.92. The number of benzene rings is 2. The molecule has 0 fully saturated rings. The van der Waals surface area contributed by atoms with E-state index in [2.05, 4.69) is 10.0 Å². The maximum Gasteiger partial charge on any atom is 0.261 e. The number of fused-ring (bicyclic) bond motifs is 1. The van der Waals surface area contributed by atoms with E-state index >= 15 is 0 Å². The molecule has 0 aromatic heterocycles. The van der Waals surface area contributed by atoms with Crippen molar-refractivity contribution in [1.29, 1.82) is 0 Å². The van der Waals surface area contributed by atoms with Gasteiger partial charge >= 0.3 is 0 Å². The minimum atomic E-state index is -3.83. The predicted molar refractivity (Wildman–Crippen MR) is 120 cm³/mol. The minimum Gasteiger partial charge on any atom is -0.375 e. The summed E-state index contributed by atoms with van der Waals surface area (Å²) in [4.78, 5) is 25.8. The van der Waals surface area contributed by atoms with Crippen molar-refractivity contribution in [3.05, 3.63) is 48.0 Å². The third kappa shape index (κ3) is 5.62. The fraction of sp³-hybridized carbons (Fsp3) is 0.364. The Morgan fingerprint density at radius 2 is 1.81 bits per heavy atom. The van der Waals surface area contributed by atoms with Gasteiger partial charge in [-0.05, 0) is 61.2 Å². The van der Waals surface area contributed by atoms with Crippen LogP contribution in [0.3, 0.4) is 0 Å². The number of methoxy groups -OCH3 is 1. The van der Waals surface area contributed by atoms with E-state index in [1.165, 1.54) is 19.2 Å². The van der Waals surface area contributed by atoms with Crippen LogP contribution in [0, 0.1) is 0 Å². The Morgan fingerprint density at radius 3 is 2.48 bits per heavy atom. The number of carbonyl (C=O) groups excluding carboxylic acids is 2. The van der Waals surface area contributed by atoms with E-state index in [-0.39, 0.29) is 23.3 Å². The van der Waals surface area contributed by atoms with E-state index in [1.54, 1.807) is 29.2 Å². The van der Waals surface area contributed by atoms with Crippen LogP contribution in [0.4, 0.5) is 17.1 Å². The molecule has 0 bridgehead atoms. The number of nitrogens with one attached hydrogen (secondary N) is 2. The molecule has 8 nitrogen and oxygen atoms in total. The molecule has 0 aliphatic carbocycles. The number of carbonyl (C=O) groups is 2. The van der Waals surface area contributed by atoms with Crippen molar-refractivity contribution in [2.24, 2.45) is 0 Å². The van der Waals surface area contributed by atoms with Gasteiger partial charge in [-0.15, -0.1) is 0 Å². The molecule has 2 aromatic rings. The van der Waals surface area contributed by atoms with Crippen molar-refractivity contribution in [3.63, 3.8) is 0 Å². The lowest BCUT2D eigenvalue weighted by Gasteiger charge is -2.30. The number of nitrogens with zero attached hydrogens (tertiary/aromatic N) is 1. The van der Waals surface area contributed by atoms with E-state index in [0.717, 1.165) is 24.8 Å². The zero-order valence-electron chi connectivity index (χ0n) is 17.7. The Kier molecular flexibility index (Phi) is 7.29. The minimum absolute atomic E-state index is 0.0312. The number of rotatable bonds is 8. The fourth-order valence-electron chi connectivity index (χ4n) is 3.48. The Bertz CT molecular complexity index is 1050. The van der Waals surface area contributed by atoms with Crippen LogP contribution >= 0.6 is 0 Å². The van der Waals surface area contributed by atoms with Crippen molar-refractivity contribution < 1.29 is 22.7 Å². The number of amides is 2. The predicted octanol–water partition coefficient (Wildman–Crippen LogP) is 3.15. The summed E-state index contributed by atoms with van der Waals surface area (Å²) in [5, 5.41) is 2.73. The van der Waals surface area contributed by atoms with Crippen LogP contribution in [0.1, 0.15) is 31.7 Å². The van der Waals surface area contributed by atoms with E-state index in [0.29, 0.717) is 30.0 Å². The van der Waals surface area contributed by atoms with Crippen molar-refractivity contribution in [3.8, 4) is 0 Å². The van der Waals surface area contributed by atoms with E-state index in [4.69, 9.17) is 4.74 Å². The standard InChI is InChI=1S/C22H27N3O5S/c1-3-5-21(26)23-17-9-11-19(12-10-17)31(28,29)24-18-8-7-16-6-4-13-25(20(16)14-18)22(27)15-30-2/h7-12,14,24H,3-6,13,15H2,1-2H3,(H,23,26). The Morgan fingerprint density at radius 1 is 1.10 bits per heavy atom. The largest absolute Gasteiger partial charge is 0.375 e. The van der Waals surface area contributed by atoms with E-state index in [1.807, 2.05) is 13.0 Å². The first-order chi connectivity index (χ1) is 14.8. The molecule has 0 spiro atoms. The van der Waals surface area contributed by atoms with Gasteiger partial charge in [-0.25, -0.2) is 8.42 Å². The van der Waals surface area contributed by atoms with Crippen LogP contribution in [0.5, 0.6) is 0 Å². The van der Waals surface area contributed by atoms with Crippen LogP contribution in [0.15, 0.2) is 47.4 Å². The summed E-state index contributed by atoms with van der Waals surface area (Å²) in [6.45, 7) is 2.45. The summed E-state index contributed by atoms with van der Waals surface area (Å²) in [7, 11) is -2.37. The van der Waals surface area contributed by atoms with Crippen molar-refractivity contribution in [2.45, 2.75) is 37.5 Å². The van der Waals surface area contributed by atoms with Gasteiger partial charge in [0.05, 0.1) is 10.6 Å². The highest BCUT2D eigenvalue weighted by Crippen LogP contribution is 2.31. The molecule has 0 atom stereocenters. The number of hydrogen-bond acceptors (Lipinski definition) is 5. The van der Waals surface area contributed by atoms with Crippen LogP contribution in [-0.2, 0) is 30.8 Å². The van der Waals surface area contributed by atoms with Crippen LogP contribution < -0.4 is 14.9 Å². The molecule has 0 saturated carbocycles. The third-order valence-electron chi connectivity index (χ3n) is 4.95. The number of ether oxygens (including phenoxy) is 1. The summed E-state index contributed by atoms with van der Waals surface area (Å²) in [6, 6.07) is 11.2. The van der Waals surface area contributed by atoms with Gasteiger partial charge in [0.1, 0.15) is 6.61 Å². The van der Waals surface area contributed by atoms with Crippen molar-refractivity contribution in [2.75, 3.05) is 35.2 Å².